The minimum Gasteiger partial charge on any atom is -0.478 e. The Morgan fingerprint density at radius 2 is 2.24 bits per heavy atom. The highest BCUT2D eigenvalue weighted by Crippen LogP contribution is 2.35. The van der Waals surface area contributed by atoms with Crippen molar-refractivity contribution in [2.75, 3.05) is 0 Å². The van der Waals surface area contributed by atoms with Crippen LogP contribution in [0.3, 0.4) is 0 Å². The van der Waals surface area contributed by atoms with Crippen LogP contribution in [0.5, 0.6) is 5.75 Å². The summed E-state index contributed by atoms with van der Waals surface area (Å²) < 4.78 is 6.35. The van der Waals surface area contributed by atoms with Gasteiger partial charge in [0.25, 0.3) is 0 Å². The zero-order valence-corrected chi connectivity index (χ0v) is 11.4. The van der Waals surface area contributed by atoms with Crippen LogP contribution in [0.15, 0.2) is 22.7 Å². The maximum Gasteiger partial charge on any atom is 0.345 e. The summed E-state index contributed by atoms with van der Waals surface area (Å²) in [5.74, 6) is -0.393. The van der Waals surface area contributed by atoms with E-state index in [0.29, 0.717) is 10.8 Å². The molecule has 1 aromatic rings. The van der Waals surface area contributed by atoms with Crippen LogP contribution in [0.4, 0.5) is 0 Å². The lowest BCUT2D eigenvalue weighted by molar-refractivity contribution is -0.149. The predicted molar refractivity (Wildman–Crippen MR) is 68.5 cm³/mol. The maximum absolute atomic E-state index is 11.1. The summed E-state index contributed by atoms with van der Waals surface area (Å²) in [4.78, 5) is 11.1. The van der Waals surface area contributed by atoms with Gasteiger partial charge in [-0.05, 0) is 31.0 Å². The number of carboxylic acid groups (broad SMARTS) is 1. The number of ether oxygens (including phenoxy) is 1. The minimum atomic E-state index is -0.923. The van der Waals surface area contributed by atoms with E-state index >= 15 is 0 Å². The topological polar surface area (TPSA) is 46.5 Å². The largest absolute Gasteiger partial charge is 0.478 e. The number of hydrogen-bond acceptors (Lipinski definition) is 2. The van der Waals surface area contributed by atoms with Crippen molar-refractivity contribution in [2.24, 2.45) is 5.92 Å². The molecular formula is C12H12BrClO3. The molecule has 1 unspecified atom stereocenters. The molecule has 0 aliphatic heterocycles. The highest BCUT2D eigenvalue weighted by Gasteiger charge is 2.34. The second-order valence-electron chi connectivity index (χ2n) is 4.14. The quantitative estimate of drug-likeness (QED) is 0.919. The molecule has 0 amide bonds. The monoisotopic (exact) mass is 318 g/mol. The second kappa shape index (κ2) is 5.27. The number of rotatable bonds is 4. The first-order valence-corrected chi connectivity index (χ1v) is 6.59. The first-order valence-electron chi connectivity index (χ1n) is 5.42. The van der Waals surface area contributed by atoms with Gasteiger partial charge in [-0.25, -0.2) is 4.79 Å². The first-order chi connectivity index (χ1) is 8.08. The van der Waals surface area contributed by atoms with E-state index in [0.717, 1.165) is 23.7 Å². The Labute approximate surface area is 113 Å². The molecule has 0 heterocycles. The molecule has 0 radical (unpaired) electrons. The summed E-state index contributed by atoms with van der Waals surface area (Å²) in [5.41, 5.74) is 0. The van der Waals surface area contributed by atoms with Crippen molar-refractivity contribution in [2.45, 2.75) is 25.4 Å². The molecule has 0 aromatic heterocycles. The predicted octanol–water partition coefficient (Wildman–Crippen LogP) is 3.73. The lowest BCUT2D eigenvalue weighted by Gasteiger charge is -2.31. The molecule has 0 spiro atoms. The Bertz CT molecular complexity index is 432. The van der Waals surface area contributed by atoms with E-state index in [1.807, 2.05) is 0 Å². The van der Waals surface area contributed by atoms with Crippen molar-refractivity contribution in [1.29, 1.82) is 0 Å². The number of carbonyl (C=O) groups is 1. The van der Waals surface area contributed by atoms with Crippen LogP contribution < -0.4 is 4.74 Å². The van der Waals surface area contributed by atoms with Gasteiger partial charge in [-0.15, -0.1) is 0 Å². The molecule has 5 heteroatoms. The van der Waals surface area contributed by atoms with Crippen molar-refractivity contribution in [1.82, 2.24) is 0 Å². The van der Waals surface area contributed by atoms with Crippen molar-refractivity contribution < 1.29 is 14.6 Å². The Hall–Kier alpha value is -0.740. The van der Waals surface area contributed by atoms with Crippen LogP contribution in [0.25, 0.3) is 0 Å². The number of aliphatic carboxylic acids is 1. The summed E-state index contributed by atoms with van der Waals surface area (Å²) in [6, 6.07) is 5.15. The van der Waals surface area contributed by atoms with Gasteiger partial charge >= 0.3 is 5.97 Å². The second-order valence-corrected chi connectivity index (χ2v) is 5.47. The molecule has 0 saturated heterocycles. The number of benzene rings is 1. The molecule has 92 valence electrons. The van der Waals surface area contributed by atoms with E-state index in [-0.39, 0.29) is 5.92 Å². The molecule has 3 nitrogen and oxygen atoms in total. The van der Waals surface area contributed by atoms with Crippen LogP contribution in [-0.2, 0) is 4.79 Å². The van der Waals surface area contributed by atoms with Crippen molar-refractivity contribution in [3.05, 3.63) is 27.7 Å². The van der Waals surface area contributed by atoms with Crippen LogP contribution in [0.2, 0.25) is 5.02 Å². The van der Waals surface area contributed by atoms with Crippen molar-refractivity contribution >= 4 is 33.5 Å². The van der Waals surface area contributed by atoms with E-state index in [2.05, 4.69) is 15.9 Å². The molecule has 17 heavy (non-hydrogen) atoms. The first kappa shape index (κ1) is 12.7. The lowest BCUT2D eigenvalue weighted by atomic mass is 9.81. The Morgan fingerprint density at radius 1 is 1.53 bits per heavy atom. The molecule has 1 aliphatic carbocycles. The van der Waals surface area contributed by atoms with Crippen LogP contribution in [0, 0.1) is 5.92 Å². The summed E-state index contributed by atoms with van der Waals surface area (Å²) >= 11 is 9.29. The van der Waals surface area contributed by atoms with Crippen LogP contribution in [-0.4, -0.2) is 17.2 Å². The average Bonchev–Trinajstić information content (AvgIpc) is 2.17. The fourth-order valence-electron chi connectivity index (χ4n) is 1.80. The number of carboxylic acids is 1. The van der Waals surface area contributed by atoms with Crippen LogP contribution in [0.1, 0.15) is 19.3 Å². The van der Waals surface area contributed by atoms with Crippen molar-refractivity contribution in [3.63, 3.8) is 0 Å². The van der Waals surface area contributed by atoms with Gasteiger partial charge in [0.2, 0.25) is 0 Å². The van der Waals surface area contributed by atoms with E-state index in [9.17, 15) is 4.79 Å². The molecule has 1 fully saturated rings. The minimum absolute atomic E-state index is 0.104. The van der Waals surface area contributed by atoms with Gasteiger partial charge in [0.05, 0.1) is 5.02 Å². The Kier molecular flexibility index (Phi) is 3.94. The van der Waals surface area contributed by atoms with Gasteiger partial charge in [-0.2, -0.15) is 0 Å². The molecule has 1 saturated carbocycles. The van der Waals surface area contributed by atoms with Crippen LogP contribution >= 0.6 is 27.5 Å². The normalized spacial score (nSPS) is 17.3. The molecule has 1 atom stereocenters. The third kappa shape index (κ3) is 2.93. The molecule has 1 aromatic carbocycles. The van der Waals surface area contributed by atoms with Gasteiger partial charge < -0.3 is 9.84 Å². The fraction of sp³-hybridized carbons (Fsp3) is 0.417. The summed E-state index contributed by atoms with van der Waals surface area (Å²) in [6.07, 6.45) is 2.10. The van der Waals surface area contributed by atoms with Gasteiger partial charge in [-0.1, -0.05) is 34.0 Å². The Morgan fingerprint density at radius 3 is 2.71 bits per heavy atom. The van der Waals surface area contributed by atoms with Gasteiger partial charge in [-0.3, -0.25) is 0 Å². The van der Waals surface area contributed by atoms with Gasteiger partial charge in [0.15, 0.2) is 6.10 Å². The summed E-state index contributed by atoms with van der Waals surface area (Å²) in [5, 5.41) is 9.56. The SMILES string of the molecule is O=C(O)C(Oc1ccc(Br)cc1Cl)C1CCC1. The molecule has 2 rings (SSSR count). The van der Waals surface area contributed by atoms with E-state index in [1.165, 1.54) is 0 Å². The lowest BCUT2D eigenvalue weighted by Crippen LogP contribution is -2.38. The molecule has 1 aliphatic rings. The third-order valence-corrected chi connectivity index (χ3v) is 3.76. The van der Waals surface area contributed by atoms with Crippen molar-refractivity contribution in [3.8, 4) is 5.75 Å². The maximum atomic E-state index is 11.1. The number of hydrogen-bond donors (Lipinski definition) is 1. The highest BCUT2D eigenvalue weighted by molar-refractivity contribution is 9.10. The highest BCUT2D eigenvalue weighted by atomic mass is 79.9. The van der Waals surface area contributed by atoms with E-state index in [1.54, 1.807) is 18.2 Å². The smallest absolute Gasteiger partial charge is 0.345 e. The summed E-state index contributed by atoms with van der Waals surface area (Å²) in [6.45, 7) is 0. The Balaban J connectivity index is 2.14. The van der Waals surface area contributed by atoms with Gasteiger partial charge in [0, 0.05) is 10.4 Å². The van der Waals surface area contributed by atoms with Gasteiger partial charge in [0.1, 0.15) is 5.75 Å². The molecular weight excluding hydrogens is 307 g/mol. The average molecular weight is 320 g/mol. The molecule has 1 N–H and O–H groups in total. The summed E-state index contributed by atoms with van der Waals surface area (Å²) in [7, 11) is 0. The molecule has 0 bridgehead atoms. The standard InChI is InChI=1S/C12H12BrClO3/c13-8-4-5-10(9(14)6-8)17-11(12(15)16)7-2-1-3-7/h4-7,11H,1-3H2,(H,15,16). The zero-order valence-electron chi connectivity index (χ0n) is 9.03. The van der Waals surface area contributed by atoms with E-state index < -0.39 is 12.1 Å². The number of halogens is 2. The zero-order chi connectivity index (χ0) is 12.4. The third-order valence-electron chi connectivity index (χ3n) is 2.97. The fourth-order valence-corrected chi connectivity index (χ4v) is 2.52. The van der Waals surface area contributed by atoms with E-state index in [4.69, 9.17) is 21.4 Å².